The van der Waals surface area contributed by atoms with Gasteiger partial charge in [-0.15, -0.1) is 11.3 Å². The fourth-order valence-corrected chi connectivity index (χ4v) is 3.61. The lowest BCUT2D eigenvalue weighted by Gasteiger charge is -2.47. The number of nitrogens with two attached hydrogens (primary N) is 1. The number of thiophene rings is 1. The summed E-state index contributed by atoms with van der Waals surface area (Å²) in [6.07, 6.45) is 0. The first-order valence-corrected chi connectivity index (χ1v) is 7.88. The molecule has 1 fully saturated rings. The SMILES string of the molecule is CC1(C)CN(C(=O)c2sccc2C#CCN)CC(C)(C)O1. The van der Waals surface area contributed by atoms with Gasteiger partial charge >= 0.3 is 0 Å². The molecule has 4 nitrogen and oxygen atoms in total. The summed E-state index contributed by atoms with van der Waals surface area (Å²) in [4.78, 5) is 15.4. The number of hydrogen-bond acceptors (Lipinski definition) is 4. The first-order valence-electron chi connectivity index (χ1n) is 7.00. The van der Waals surface area contributed by atoms with Crippen LogP contribution in [0.4, 0.5) is 0 Å². The number of ether oxygens (including phenoxy) is 1. The van der Waals surface area contributed by atoms with Crippen LogP contribution in [0.5, 0.6) is 0 Å². The Labute approximate surface area is 130 Å². The normalized spacial score (nSPS) is 19.8. The molecule has 0 unspecified atom stereocenters. The molecule has 0 aromatic carbocycles. The third-order valence-corrected chi connectivity index (χ3v) is 4.07. The van der Waals surface area contributed by atoms with Crippen LogP contribution in [0.15, 0.2) is 11.4 Å². The van der Waals surface area contributed by atoms with Crippen LogP contribution in [0.1, 0.15) is 42.9 Å². The summed E-state index contributed by atoms with van der Waals surface area (Å²) < 4.78 is 6.02. The highest BCUT2D eigenvalue weighted by Crippen LogP contribution is 2.30. The molecule has 2 heterocycles. The molecule has 114 valence electrons. The zero-order valence-electron chi connectivity index (χ0n) is 13.0. The second kappa shape index (κ2) is 5.80. The number of carbonyl (C=O) groups is 1. The molecule has 21 heavy (non-hydrogen) atoms. The minimum atomic E-state index is -0.349. The van der Waals surface area contributed by atoms with E-state index in [1.165, 1.54) is 11.3 Å². The van der Waals surface area contributed by atoms with E-state index in [1.54, 1.807) is 0 Å². The quantitative estimate of drug-likeness (QED) is 0.808. The second-order valence-corrected chi connectivity index (χ2v) is 7.37. The monoisotopic (exact) mass is 306 g/mol. The smallest absolute Gasteiger partial charge is 0.265 e. The summed E-state index contributed by atoms with van der Waals surface area (Å²) in [6.45, 7) is 9.50. The Hall–Kier alpha value is -1.35. The molecule has 1 saturated heterocycles. The van der Waals surface area contributed by atoms with Crippen LogP contribution < -0.4 is 5.73 Å². The number of amides is 1. The van der Waals surface area contributed by atoms with Crippen molar-refractivity contribution < 1.29 is 9.53 Å². The molecular formula is C16H22N2O2S. The van der Waals surface area contributed by atoms with Gasteiger partial charge in [-0.1, -0.05) is 11.8 Å². The molecule has 0 atom stereocenters. The lowest BCUT2D eigenvalue weighted by molar-refractivity contribution is -0.171. The Morgan fingerprint density at radius 1 is 1.38 bits per heavy atom. The summed E-state index contributed by atoms with van der Waals surface area (Å²) in [5.74, 6) is 5.81. The van der Waals surface area contributed by atoms with Gasteiger partial charge < -0.3 is 15.4 Å². The van der Waals surface area contributed by atoms with Gasteiger partial charge in [0.25, 0.3) is 5.91 Å². The zero-order chi connectivity index (χ0) is 15.7. The maximum atomic E-state index is 12.8. The minimum Gasteiger partial charge on any atom is -0.366 e. The predicted octanol–water partition coefficient (Wildman–Crippen LogP) is 2.09. The Kier molecular flexibility index (Phi) is 4.43. The van der Waals surface area contributed by atoms with Gasteiger partial charge in [0.2, 0.25) is 0 Å². The maximum Gasteiger partial charge on any atom is 0.265 e. The van der Waals surface area contributed by atoms with E-state index in [9.17, 15) is 4.79 Å². The van der Waals surface area contributed by atoms with Crippen LogP contribution in [0, 0.1) is 11.8 Å². The van der Waals surface area contributed by atoms with E-state index in [2.05, 4.69) is 11.8 Å². The molecule has 0 aliphatic carbocycles. The predicted molar refractivity (Wildman–Crippen MR) is 85.4 cm³/mol. The van der Waals surface area contributed by atoms with Crippen LogP contribution in [0.25, 0.3) is 0 Å². The van der Waals surface area contributed by atoms with Crippen molar-refractivity contribution in [3.63, 3.8) is 0 Å². The molecule has 2 rings (SSSR count). The van der Waals surface area contributed by atoms with Crippen LogP contribution in [0.3, 0.4) is 0 Å². The summed E-state index contributed by atoms with van der Waals surface area (Å²) >= 11 is 1.43. The van der Waals surface area contributed by atoms with Gasteiger partial charge in [0, 0.05) is 18.7 Å². The van der Waals surface area contributed by atoms with Crippen LogP contribution in [-0.2, 0) is 4.74 Å². The van der Waals surface area contributed by atoms with Crippen LogP contribution in [0.2, 0.25) is 0 Å². The number of hydrogen-bond donors (Lipinski definition) is 1. The van der Waals surface area contributed by atoms with Crippen LogP contribution >= 0.6 is 11.3 Å². The van der Waals surface area contributed by atoms with Crippen molar-refractivity contribution in [2.24, 2.45) is 5.73 Å². The van der Waals surface area contributed by atoms with Crippen molar-refractivity contribution >= 4 is 17.2 Å². The average Bonchev–Trinajstić information content (AvgIpc) is 2.79. The molecule has 5 heteroatoms. The van der Waals surface area contributed by atoms with Gasteiger partial charge in [-0.25, -0.2) is 0 Å². The fourth-order valence-electron chi connectivity index (χ4n) is 2.79. The Morgan fingerprint density at radius 3 is 2.57 bits per heavy atom. The van der Waals surface area contributed by atoms with Crippen molar-refractivity contribution in [1.29, 1.82) is 0 Å². The topological polar surface area (TPSA) is 55.6 Å². The Balaban J connectivity index is 2.26. The summed E-state index contributed by atoms with van der Waals surface area (Å²) in [7, 11) is 0. The highest BCUT2D eigenvalue weighted by atomic mass is 32.1. The highest BCUT2D eigenvalue weighted by molar-refractivity contribution is 7.12. The average molecular weight is 306 g/mol. The fraction of sp³-hybridized carbons (Fsp3) is 0.562. The van der Waals surface area contributed by atoms with E-state index in [1.807, 2.05) is 44.0 Å². The molecule has 0 bridgehead atoms. The van der Waals surface area contributed by atoms with Gasteiger partial charge in [0.05, 0.1) is 17.7 Å². The van der Waals surface area contributed by atoms with Crippen molar-refractivity contribution in [2.75, 3.05) is 19.6 Å². The zero-order valence-corrected chi connectivity index (χ0v) is 13.8. The third kappa shape index (κ3) is 3.85. The lowest BCUT2D eigenvalue weighted by atomic mass is 9.98. The minimum absolute atomic E-state index is 0.0239. The Bertz CT molecular complexity index is 577. The second-order valence-electron chi connectivity index (χ2n) is 6.45. The lowest BCUT2D eigenvalue weighted by Crippen LogP contribution is -2.58. The largest absolute Gasteiger partial charge is 0.366 e. The van der Waals surface area contributed by atoms with Gasteiger partial charge in [0.1, 0.15) is 4.88 Å². The number of carbonyl (C=O) groups excluding carboxylic acids is 1. The summed E-state index contributed by atoms with van der Waals surface area (Å²) in [5, 5.41) is 1.89. The maximum absolute atomic E-state index is 12.8. The molecule has 0 saturated carbocycles. The van der Waals surface area contributed by atoms with E-state index in [4.69, 9.17) is 10.5 Å². The molecule has 0 spiro atoms. The molecule has 1 amide bonds. The molecular weight excluding hydrogens is 284 g/mol. The number of morpholine rings is 1. The highest BCUT2D eigenvalue weighted by Gasteiger charge is 2.40. The molecule has 1 aromatic heterocycles. The number of nitrogens with zero attached hydrogens (tertiary/aromatic N) is 1. The van der Waals surface area contributed by atoms with E-state index in [0.717, 1.165) is 5.56 Å². The van der Waals surface area contributed by atoms with Crippen molar-refractivity contribution in [1.82, 2.24) is 4.90 Å². The van der Waals surface area contributed by atoms with E-state index in [-0.39, 0.29) is 17.1 Å². The van der Waals surface area contributed by atoms with Crippen LogP contribution in [-0.4, -0.2) is 41.6 Å². The first-order chi connectivity index (χ1) is 9.74. The van der Waals surface area contributed by atoms with Crippen molar-refractivity contribution in [2.45, 2.75) is 38.9 Å². The summed E-state index contributed by atoms with van der Waals surface area (Å²) in [6, 6.07) is 1.87. The van der Waals surface area contributed by atoms with E-state index in [0.29, 0.717) is 24.5 Å². The van der Waals surface area contributed by atoms with E-state index >= 15 is 0 Å². The van der Waals surface area contributed by atoms with Gasteiger partial charge in [0.15, 0.2) is 0 Å². The van der Waals surface area contributed by atoms with Gasteiger partial charge in [-0.3, -0.25) is 4.79 Å². The molecule has 1 aliphatic rings. The van der Waals surface area contributed by atoms with Crippen molar-refractivity contribution in [3.05, 3.63) is 21.9 Å². The van der Waals surface area contributed by atoms with E-state index < -0.39 is 0 Å². The third-order valence-electron chi connectivity index (χ3n) is 3.17. The Morgan fingerprint density at radius 2 is 2.00 bits per heavy atom. The molecule has 0 radical (unpaired) electrons. The first kappa shape index (κ1) is 16.0. The molecule has 1 aromatic rings. The summed E-state index contributed by atoms with van der Waals surface area (Å²) in [5.41, 5.74) is 5.47. The standard InChI is InChI=1S/C16H22N2O2S/c1-15(2)10-18(11-16(3,4)20-15)14(19)13-12(6-5-8-17)7-9-21-13/h7,9H,8,10-11,17H2,1-4H3. The van der Waals surface area contributed by atoms with Crippen molar-refractivity contribution in [3.8, 4) is 11.8 Å². The van der Waals surface area contributed by atoms with Gasteiger partial charge in [-0.2, -0.15) is 0 Å². The van der Waals surface area contributed by atoms with Gasteiger partial charge in [-0.05, 0) is 39.1 Å². The molecule has 2 N–H and O–H groups in total. The molecule has 1 aliphatic heterocycles. The number of rotatable bonds is 1.